The maximum absolute atomic E-state index is 12.4. The number of nitrogens with one attached hydrogen (secondary N) is 3. The molecule has 0 aliphatic carbocycles. The van der Waals surface area contributed by atoms with Crippen molar-refractivity contribution in [2.24, 2.45) is 5.92 Å². The van der Waals surface area contributed by atoms with Gasteiger partial charge in [0, 0.05) is 24.7 Å². The van der Waals surface area contributed by atoms with Gasteiger partial charge in [-0.1, -0.05) is 30.3 Å². The fourth-order valence-corrected chi connectivity index (χ4v) is 3.20. The highest BCUT2D eigenvalue weighted by Gasteiger charge is 2.19. The minimum atomic E-state index is -0.463. The van der Waals surface area contributed by atoms with Crippen LogP contribution in [-0.2, 0) is 6.54 Å². The summed E-state index contributed by atoms with van der Waals surface area (Å²) in [4.78, 5) is 23.4. The number of anilines is 1. The van der Waals surface area contributed by atoms with E-state index in [2.05, 4.69) is 16.0 Å². The van der Waals surface area contributed by atoms with Gasteiger partial charge in [0.1, 0.15) is 5.69 Å². The van der Waals surface area contributed by atoms with Crippen molar-refractivity contribution in [1.29, 1.82) is 0 Å². The molecule has 3 N–H and O–H groups in total. The van der Waals surface area contributed by atoms with Crippen molar-refractivity contribution in [1.82, 2.24) is 10.6 Å². The molecule has 0 radical (unpaired) electrons. The molecule has 0 bridgehead atoms. The highest BCUT2D eigenvalue weighted by molar-refractivity contribution is 5.95. The van der Waals surface area contributed by atoms with Crippen molar-refractivity contribution < 1.29 is 9.72 Å². The Morgan fingerprint density at radius 3 is 2.74 bits per heavy atom. The number of nitrogens with zero attached hydrogens (tertiary/aromatic N) is 1. The van der Waals surface area contributed by atoms with Crippen LogP contribution in [0.25, 0.3) is 0 Å². The Kier molecular flexibility index (Phi) is 6.38. The van der Waals surface area contributed by atoms with Crippen LogP contribution in [0.4, 0.5) is 11.4 Å². The summed E-state index contributed by atoms with van der Waals surface area (Å²) in [6.07, 6.45) is 2.18. The average Bonchev–Trinajstić information content (AvgIpc) is 2.72. The molecule has 1 aliphatic heterocycles. The van der Waals surface area contributed by atoms with E-state index in [0.29, 0.717) is 30.3 Å². The molecule has 1 heterocycles. The number of rotatable bonds is 7. The molecule has 1 unspecified atom stereocenters. The van der Waals surface area contributed by atoms with Gasteiger partial charge < -0.3 is 16.0 Å². The number of carbonyl (C=O) groups excluding carboxylic acids is 1. The molecule has 27 heavy (non-hydrogen) atoms. The summed E-state index contributed by atoms with van der Waals surface area (Å²) in [5.74, 6) is 0.128. The first kappa shape index (κ1) is 18.8. The van der Waals surface area contributed by atoms with E-state index in [1.165, 1.54) is 6.07 Å². The second-order valence-corrected chi connectivity index (χ2v) is 6.75. The molecule has 3 rings (SSSR count). The van der Waals surface area contributed by atoms with Gasteiger partial charge in [0.15, 0.2) is 0 Å². The quantitative estimate of drug-likeness (QED) is 0.516. The number of nitro groups is 1. The average molecular weight is 368 g/mol. The van der Waals surface area contributed by atoms with Gasteiger partial charge in [-0.25, -0.2) is 0 Å². The Balaban J connectivity index is 1.65. The smallest absolute Gasteiger partial charge is 0.293 e. The van der Waals surface area contributed by atoms with Crippen molar-refractivity contribution in [3.05, 3.63) is 69.8 Å². The second kappa shape index (κ2) is 9.14. The molecular weight excluding hydrogens is 344 g/mol. The lowest BCUT2D eigenvalue weighted by Crippen LogP contribution is -2.38. The van der Waals surface area contributed by atoms with Crippen molar-refractivity contribution in [2.45, 2.75) is 19.4 Å². The number of amides is 1. The first-order valence-corrected chi connectivity index (χ1v) is 9.18. The third-order valence-electron chi connectivity index (χ3n) is 4.73. The second-order valence-electron chi connectivity index (χ2n) is 6.75. The lowest BCUT2D eigenvalue weighted by atomic mass is 9.99. The van der Waals surface area contributed by atoms with Gasteiger partial charge in [0.05, 0.1) is 4.92 Å². The Bertz CT molecular complexity index is 789. The number of benzene rings is 2. The molecule has 7 heteroatoms. The Hall–Kier alpha value is -2.93. The minimum Gasteiger partial charge on any atom is -0.375 e. The van der Waals surface area contributed by atoms with Gasteiger partial charge in [0.25, 0.3) is 11.6 Å². The van der Waals surface area contributed by atoms with E-state index in [9.17, 15) is 14.9 Å². The molecule has 7 nitrogen and oxygen atoms in total. The highest BCUT2D eigenvalue weighted by atomic mass is 16.6. The van der Waals surface area contributed by atoms with Crippen LogP contribution < -0.4 is 16.0 Å². The molecule has 1 saturated heterocycles. The van der Waals surface area contributed by atoms with Crippen molar-refractivity contribution in [3.63, 3.8) is 0 Å². The predicted molar refractivity (Wildman–Crippen MR) is 105 cm³/mol. The van der Waals surface area contributed by atoms with E-state index in [1.807, 2.05) is 30.3 Å². The van der Waals surface area contributed by atoms with Crippen LogP contribution in [0.1, 0.15) is 28.8 Å². The largest absolute Gasteiger partial charge is 0.375 e. The number of piperidine rings is 1. The van der Waals surface area contributed by atoms with Gasteiger partial charge in [-0.3, -0.25) is 14.9 Å². The molecule has 0 aromatic heterocycles. The van der Waals surface area contributed by atoms with Gasteiger partial charge >= 0.3 is 0 Å². The van der Waals surface area contributed by atoms with E-state index < -0.39 is 4.92 Å². The minimum absolute atomic E-state index is 0.0992. The van der Waals surface area contributed by atoms with Crippen LogP contribution in [0, 0.1) is 16.0 Å². The van der Waals surface area contributed by atoms with E-state index in [4.69, 9.17) is 0 Å². The van der Waals surface area contributed by atoms with E-state index in [-0.39, 0.29) is 11.6 Å². The summed E-state index contributed by atoms with van der Waals surface area (Å²) in [6, 6.07) is 14.2. The van der Waals surface area contributed by atoms with Crippen LogP contribution in [0.2, 0.25) is 0 Å². The molecule has 1 atom stereocenters. The molecular formula is C20H24N4O3. The molecule has 0 saturated carbocycles. The molecule has 142 valence electrons. The first-order valence-electron chi connectivity index (χ1n) is 9.18. The number of nitro benzene ring substituents is 1. The highest BCUT2D eigenvalue weighted by Crippen LogP contribution is 2.26. The molecule has 2 aromatic rings. The molecule has 2 aromatic carbocycles. The lowest BCUT2D eigenvalue weighted by molar-refractivity contribution is -0.384. The number of carbonyl (C=O) groups is 1. The third-order valence-corrected chi connectivity index (χ3v) is 4.73. The van der Waals surface area contributed by atoms with Crippen molar-refractivity contribution in [3.8, 4) is 0 Å². The standard InChI is InChI=1S/C20H24N4O3/c25-20(23-14-16-7-4-10-21-12-16)17-8-9-18(19(11-17)24(26)27)22-13-15-5-2-1-3-6-15/h1-3,5-6,8-9,11,16,21-22H,4,7,10,12-14H2,(H,23,25). The monoisotopic (exact) mass is 368 g/mol. The summed E-state index contributed by atoms with van der Waals surface area (Å²) in [5, 5.41) is 20.7. The zero-order valence-corrected chi connectivity index (χ0v) is 15.1. The lowest BCUT2D eigenvalue weighted by Gasteiger charge is -2.22. The summed E-state index contributed by atoms with van der Waals surface area (Å²) in [6.45, 7) is 2.96. The van der Waals surface area contributed by atoms with Gasteiger partial charge in [-0.05, 0) is 49.5 Å². The fourth-order valence-electron chi connectivity index (χ4n) is 3.20. The SMILES string of the molecule is O=C(NCC1CCCNC1)c1ccc(NCc2ccccc2)c([N+](=O)[O-])c1. The normalized spacial score (nSPS) is 16.5. The fraction of sp³-hybridized carbons (Fsp3) is 0.350. The summed E-state index contributed by atoms with van der Waals surface area (Å²) >= 11 is 0. The van der Waals surface area contributed by atoms with Gasteiger partial charge in [-0.15, -0.1) is 0 Å². The van der Waals surface area contributed by atoms with Crippen molar-refractivity contribution >= 4 is 17.3 Å². The summed E-state index contributed by atoms with van der Waals surface area (Å²) in [7, 11) is 0. The van der Waals surface area contributed by atoms with Gasteiger partial charge in [-0.2, -0.15) is 0 Å². The van der Waals surface area contributed by atoms with Crippen LogP contribution >= 0.6 is 0 Å². The summed E-state index contributed by atoms with van der Waals surface area (Å²) < 4.78 is 0. The first-order chi connectivity index (χ1) is 13.1. The van der Waals surface area contributed by atoms with E-state index in [0.717, 1.165) is 31.5 Å². The molecule has 1 fully saturated rings. The summed E-state index contributed by atoms with van der Waals surface area (Å²) in [5.41, 5.74) is 1.63. The zero-order valence-electron chi connectivity index (χ0n) is 15.1. The predicted octanol–water partition coefficient (Wildman–Crippen LogP) is 2.94. The maximum atomic E-state index is 12.4. The Morgan fingerprint density at radius 1 is 1.22 bits per heavy atom. The molecule has 1 aliphatic rings. The van der Waals surface area contributed by atoms with E-state index in [1.54, 1.807) is 12.1 Å². The van der Waals surface area contributed by atoms with Crippen LogP contribution in [0.5, 0.6) is 0 Å². The maximum Gasteiger partial charge on any atom is 0.293 e. The van der Waals surface area contributed by atoms with Crippen molar-refractivity contribution in [2.75, 3.05) is 25.0 Å². The third kappa shape index (κ3) is 5.27. The van der Waals surface area contributed by atoms with Crippen LogP contribution in [0.3, 0.4) is 0 Å². The van der Waals surface area contributed by atoms with Gasteiger partial charge in [0.2, 0.25) is 0 Å². The van der Waals surface area contributed by atoms with Crippen LogP contribution in [0.15, 0.2) is 48.5 Å². The Morgan fingerprint density at radius 2 is 2.04 bits per heavy atom. The topological polar surface area (TPSA) is 96.3 Å². The zero-order chi connectivity index (χ0) is 19.1. The van der Waals surface area contributed by atoms with Crippen LogP contribution in [-0.4, -0.2) is 30.5 Å². The number of hydrogen-bond acceptors (Lipinski definition) is 5. The Labute approximate surface area is 158 Å². The molecule has 0 spiro atoms. The van der Waals surface area contributed by atoms with E-state index >= 15 is 0 Å². The molecule has 1 amide bonds. The number of hydrogen-bond donors (Lipinski definition) is 3.